The minimum absolute atomic E-state index is 0.352. The second-order valence-electron chi connectivity index (χ2n) is 3.26. The summed E-state index contributed by atoms with van der Waals surface area (Å²) >= 11 is 0. The van der Waals surface area contributed by atoms with Crippen LogP contribution in [0.5, 0.6) is 0 Å². The standard InChI is InChI=1S/C8H6N2O2.C2HF3O2/c11-7-5-3-1-2-4-6(5)9-8(12)10-7;3-2(4,5)1(6)7/h1-4H,(H2,9,10,11,12);(H,6,7). The van der Waals surface area contributed by atoms with E-state index < -0.39 is 17.8 Å². The predicted molar refractivity (Wildman–Crippen MR) is 58.9 cm³/mol. The summed E-state index contributed by atoms with van der Waals surface area (Å²) in [6.07, 6.45) is -5.08. The van der Waals surface area contributed by atoms with Gasteiger partial charge < -0.3 is 10.1 Å². The predicted octanol–water partition coefficient (Wildman–Crippen LogP) is 0.850. The largest absolute Gasteiger partial charge is 0.490 e. The fraction of sp³-hybridized carbons (Fsp3) is 0.100. The van der Waals surface area contributed by atoms with Crippen molar-refractivity contribution in [3.8, 4) is 0 Å². The molecule has 102 valence electrons. The molecular formula is C10H7F3N2O4. The van der Waals surface area contributed by atoms with E-state index in [1.165, 1.54) is 0 Å². The Morgan fingerprint density at radius 3 is 2.16 bits per heavy atom. The lowest BCUT2D eigenvalue weighted by Crippen LogP contribution is -2.21. The molecule has 1 aromatic heterocycles. The van der Waals surface area contributed by atoms with Gasteiger partial charge in [0.1, 0.15) is 0 Å². The fourth-order valence-corrected chi connectivity index (χ4v) is 1.11. The number of H-pyrrole nitrogens is 2. The molecule has 0 aliphatic heterocycles. The van der Waals surface area contributed by atoms with Gasteiger partial charge in [-0.1, -0.05) is 12.1 Å². The monoisotopic (exact) mass is 276 g/mol. The van der Waals surface area contributed by atoms with Crippen molar-refractivity contribution in [3.05, 3.63) is 45.1 Å². The smallest absolute Gasteiger partial charge is 0.475 e. The van der Waals surface area contributed by atoms with Crippen LogP contribution in [0.25, 0.3) is 10.9 Å². The molecule has 0 aliphatic carbocycles. The minimum Gasteiger partial charge on any atom is -0.475 e. The highest BCUT2D eigenvalue weighted by atomic mass is 19.4. The third-order valence-corrected chi connectivity index (χ3v) is 1.89. The van der Waals surface area contributed by atoms with Gasteiger partial charge in [-0.2, -0.15) is 13.2 Å². The van der Waals surface area contributed by atoms with Crippen LogP contribution in [0.2, 0.25) is 0 Å². The number of fused-ring (bicyclic) bond motifs is 1. The summed E-state index contributed by atoms with van der Waals surface area (Å²) in [5.74, 6) is -2.76. The molecule has 3 N–H and O–H groups in total. The van der Waals surface area contributed by atoms with Crippen molar-refractivity contribution in [2.24, 2.45) is 0 Å². The summed E-state index contributed by atoms with van der Waals surface area (Å²) in [7, 11) is 0. The number of hydrogen-bond donors (Lipinski definition) is 3. The lowest BCUT2D eigenvalue weighted by atomic mass is 10.2. The van der Waals surface area contributed by atoms with Crippen LogP contribution in [0.4, 0.5) is 13.2 Å². The zero-order valence-corrected chi connectivity index (χ0v) is 9.12. The second kappa shape index (κ2) is 5.38. The highest BCUT2D eigenvalue weighted by molar-refractivity contribution is 5.76. The van der Waals surface area contributed by atoms with Gasteiger partial charge in [-0.25, -0.2) is 9.59 Å². The number of benzene rings is 1. The lowest BCUT2D eigenvalue weighted by Gasteiger charge is -1.93. The summed E-state index contributed by atoms with van der Waals surface area (Å²) in [6.45, 7) is 0. The van der Waals surface area contributed by atoms with E-state index in [9.17, 15) is 22.8 Å². The Morgan fingerprint density at radius 2 is 1.63 bits per heavy atom. The third-order valence-electron chi connectivity index (χ3n) is 1.89. The fourth-order valence-electron chi connectivity index (χ4n) is 1.11. The Labute approximate surface area is 102 Å². The van der Waals surface area contributed by atoms with Crippen molar-refractivity contribution < 1.29 is 23.1 Å². The zero-order chi connectivity index (χ0) is 14.6. The number of halogens is 3. The molecule has 0 aliphatic rings. The average molecular weight is 276 g/mol. The first-order chi connectivity index (χ1) is 8.71. The number of rotatable bonds is 0. The van der Waals surface area contributed by atoms with E-state index in [0.29, 0.717) is 10.9 Å². The molecule has 1 aromatic carbocycles. The van der Waals surface area contributed by atoms with Crippen LogP contribution in [0.15, 0.2) is 33.9 Å². The summed E-state index contributed by atoms with van der Waals surface area (Å²) in [5.41, 5.74) is -0.265. The number of carboxylic acids is 1. The normalized spacial score (nSPS) is 10.7. The Morgan fingerprint density at radius 1 is 1.11 bits per heavy atom. The van der Waals surface area contributed by atoms with Gasteiger partial charge in [0.05, 0.1) is 10.9 Å². The van der Waals surface area contributed by atoms with Gasteiger partial charge in [-0.05, 0) is 12.1 Å². The van der Waals surface area contributed by atoms with Crippen LogP contribution in [-0.4, -0.2) is 27.2 Å². The highest BCUT2D eigenvalue weighted by Crippen LogP contribution is 2.13. The van der Waals surface area contributed by atoms with Gasteiger partial charge in [0.25, 0.3) is 5.56 Å². The van der Waals surface area contributed by atoms with E-state index in [-0.39, 0.29) is 5.56 Å². The van der Waals surface area contributed by atoms with Crippen molar-refractivity contribution in [1.82, 2.24) is 9.97 Å². The molecule has 0 bridgehead atoms. The molecule has 0 saturated heterocycles. The Hall–Kier alpha value is -2.58. The van der Waals surface area contributed by atoms with Crippen molar-refractivity contribution in [2.45, 2.75) is 6.18 Å². The Bertz CT molecular complexity index is 702. The van der Waals surface area contributed by atoms with Crippen molar-refractivity contribution >= 4 is 16.9 Å². The summed E-state index contributed by atoms with van der Waals surface area (Å²) in [4.78, 5) is 35.5. The van der Waals surface area contributed by atoms with Gasteiger partial charge in [0.2, 0.25) is 0 Å². The summed E-state index contributed by atoms with van der Waals surface area (Å²) in [6, 6.07) is 6.85. The molecule has 0 atom stereocenters. The molecule has 0 fully saturated rings. The molecule has 9 heteroatoms. The van der Waals surface area contributed by atoms with Crippen molar-refractivity contribution in [3.63, 3.8) is 0 Å². The maximum Gasteiger partial charge on any atom is 0.490 e. The maximum absolute atomic E-state index is 11.1. The van der Waals surface area contributed by atoms with E-state index in [1.807, 2.05) is 0 Å². The van der Waals surface area contributed by atoms with E-state index >= 15 is 0 Å². The summed E-state index contributed by atoms with van der Waals surface area (Å²) in [5, 5.41) is 7.62. The molecule has 0 saturated carbocycles. The van der Waals surface area contributed by atoms with E-state index in [2.05, 4.69) is 9.97 Å². The van der Waals surface area contributed by atoms with Gasteiger partial charge in [-0.3, -0.25) is 9.78 Å². The quantitative estimate of drug-likeness (QED) is 0.663. The first-order valence-corrected chi connectivity index (χ1v) is 4.73. The van der Waals surface area contributed by atoms with Crippen LogP contribution in [0.1, 0.15) is 0 Å². The van der Waals surface area contributed by atoms with Gasteiger partial charge in [-0.15, -0.1) is 0 Å². The average Bonchev–Trinajstić information content (AvgIpc) is 2.28. The Kier molecular flexibility index (Phi) is 4.10. The van der Waals surface area contributed by atoms with E-state index in [4.69, 9.17) is 9.90 Å². The molecule has 1 heterocycles. The number of carboxylic acid groups (broad SMARTS) is 1. The molecule has 0 spiro atoms. The van der Waals surface area contributed by atoms with Crippen LogP contribution in [-0.2, 0) is 4.79 Å². The zero-order valence-electron chi connectivity index (χ0n) is 9.12. The first-order valence-electron chi connectivity index (χ1n) is 4.73. The van der Waals surface area contributed by atoms with Crippen molar-refractivity contribution in [1.29, 1.82) is 0 Å². The molecule has 6 nitrogen and oxygen atoms in total. The van der Waals surface area contributed by atoms with Gasteiger partial charge in [0.15, 0.2) is 0 Å². The topological polar surface area (TPSA) is 103 Å². The highest BCUT2D eigenvalue weighted by Gasteiger charge is 2.38. The number of nitrogens with one attached hydrogen (secondary N) is 2. The lowest BCUT2D eigenvalue weighted by molar-refractivity contribution is -0.192. The number of aliphatic carboxylic acids is 1. The number of para-hydroxylation sites is 1. The van der Waals surface area contributed by atoms with Crippen LogP contribution in [0.3, 0.4) is 0 Å². The van der Waals surface area contributed by atoms with Crippen molar-refractivity contribution in [2.75, 3.05) is 0 Å². The molecule has 0 unspecified atom stereocenters. The molecular weight excluding hydrogens is 269 g/mol. The summed E-state index contributed by atoms with van der Waals surface area (Å²) < 4.78 is 31.7. The molecule has 19 heavy (non-hydrogen) atoms. The first kappa shape index (κ1) is 14.5. The third kappa shape index (κ3) is 3.98. The molecule has 0 amide bonds. The van der Waals surface area contributed by atoms with Gasteiger partial charge >= 0.3 is 17.8 Å². The molecule has 2 aromatic rings. The number of alkyl halides is 3. The number of carbonyl (C=O) groups is 1. The van der Waals surface area contributed by atoms with Crippen LogP contribution in [0, 0.1) is 0 Å². The minimum atomic E-state index is -5.08. The maximum atomic E-state index is 11.1. The SMILES string of the molecule is O=C(O)C(F)(F)F.O=c1[nH]c(=O)c2ccccc2[nH]1. The molecule has 2 rings (SSSR count). The Balaban J connectivity index is 0.000000224. The van der Waals surface area contributed by atoms with E-state index in [0.717, 1.165) is 0 Å². The molecule has 0 radical (unpaired) electrons. The van der Waals surface area contributed by atoms with Crippen LogP contribution >= 0.6 is 0 Å². The second-order valence-corrected chi connectivity index (χ2v) is 3.26. The van der Waals surface area contributed by atoms with Crippen LogP contribution < -0.4 is 11.2 Å². The number of hydrogen-bond acceptors (Lipinski definition) is 3. The number of aromatic amines is 2. The van der Waals surface area contributed by atoms with E-state index in [1.54, 1.807) is 24.3 Å². The number of aromatic nitrogens is 2. The van der Waals surface area contributed by atoms with Gasteiger partial charge in [0, 0.05) is 0 Å².